The molecule has 1 aliphatic heterocycles. The van der Waals surface area contributed by atoms with Gasteiger partial charge in [-0.2, -0.15) is 0 Å². The Hall–Kier alpha value is -2.34. The van der Waals surface area contributed by atoms with Crippen LogP contribution in [0, 0.1) is 0 Å². The van der Waals surface area contributed by atoms with Crippen molar-refractivity contribution in [2.24, 2.45) is 4.99 Å². The average Bonchev–Trinajstić information content (AvgIpc) is 3.20. The van der Waals surface area contributed by atoms with Gasteiger partial charge in [-0.15, -0.1) is 11.3 Å². The third-order valence-electron chi connectivity index (χ3n) is 5.06. The van der Waals surface area contributed by atoms with E-state index in [0.717, 1.165) is 51.4 Å². The number of carbonyl (C=O) groups is 1. The van der Waals surface area contributed by atoms with Crippen molar-refractivity contribution in [3.05, 3.63) is 57.3 Å². The molecule has 0 unspecified atom stereocenters. The molecule has 0 atom stereocenters. The van der Waals surface area contributed by atoms with Crippen molar-refractivity contribution in [2.45, 2.75) is 45.7 Å². The molecule has 0 saturated carbocycles. The minimum atomic E-state index is 0.241. The van der Waals surface area contributed by atoms with Gasteiger partial charge < -0.3 is 15.5 Å². The summed E-state index contributed by atoms with van der Waals surface area (Å²) >= 11 is 1.83. The van der Waals surface area contributed by atoms with E-state index in [9.17, 15) is 4.79 Å². The van der Waals surface area contributed by atoms with Gasteiger partial charge in [0, 0.05) is 42.9 Å². The Balaban J connectivity index is 1.35. The molecule has 3 rings (SSSR count). The first-order chi connectivity index (χ1) is 13.7. The van der Waals surface area contributed by atoms with Gasteiger partial charge in [-0.25, -0.2) is 0 Å². The highest BCUT2D eigenvalue weighted by Gasteiger charge is 2.19. The number of guanidine groups is 1. The van der Waals surface area contributed by atoms with E-state index >= 15 is 0 Å². The molecule has 2 aromatic rings. The summed E-state index contributed by atoms with van der Waals surface area (Å²) in [7, 11) is 1.78. The van der Waals surface area contributed by atoms with Gasteiger partial charge in [0.25, 0.3) is 0 Å². The lowest BCUT2D eigenvalue weighted by atomic mass is 9.99. The number of nitrogens with one attached hydrogen (secondary N) is 2. The third-order valence-corrected chi connectivity index (χ3v) is 6.29. The van der Waals surface area contributed by atoms with Crippen molar-refractivity contribution in [1.82, 2.24) is 15.5 Å². The molecular weight excluding hydrogens is 368 g/mol. The Morgan fingerprint density at radius 3 is 2.68 bits per heavy atom. The number of hydrogen-bond acceptors (Lipinski definition) is 3. The summed E-state index contributed by atoms with van der Waals surface area (Å²) in [5.74, 6) is 1.02. The van der Waals surface area contributed by atoms with Crippen molar-refractivity contribution < 1.29 is 4.79 Å². The first kappa shape index (κ1) is 20.4. The average molecular weight is 399 g/mol. The van der Waals surface area contributed by atoms with Crippen LogP contribution >= 0.6 is 11.3 Å². The minimum Gasteiger partial charge on any atom is -0.356 e. The highest BCUT2D eigenvalue weighted by atomic mass is 32.1. The fourth-order valence-electron chi connectivity index (χ4n) is 3.41. The van der Waals surface area contributed by atoms with Crippen LogP contribution in [0.1, 0.15) is 40.6 Å². The van der Waals surface area contributed by atoms with Gasteiger partial charge in [-0.1, -0.05) is 31.2 Å². The predicted molar refractivity (Wildman–Crippen MR) is 117 cm³/mol. The zero-order chi connectivity index (χ0) is 19.8. The van der Waals surface area contributed by atoms with E-state index in [4.69, 9.17) is 0 Å². The number of nitrogens with zero attached hydrogens (tertiary/aromatic N) is 2. The van der Waals surface area contributed by atoms with Gasteiger partial charge in [0.1, 0.15) is 0 Å². The highest BCUT2D eigenvalue weighted by molar-refractivity contribution is 7.11. The Morgan fingerprint density at radius 2 is 1.93 bits per heavy atom. The van der Waals surface area contributed by atoms with Gasteiger partial charge >= 0.3 is 0 Å². The number of carbonyl (C=O) groups excluding carboxylic acids is 1. The Labute approximate surface area is 171 Å². The Morgan fingerprint density at radius 1 is 1.14 bits per heavy atom. The molecule has 0 spiro atoms. The molecule has 1 aliphatic rings. The minimum absolute atomic E-state index is 0.241. The molecule has 1 aromatic carbocycles. The SMILES string of the molecule is CCc1ccc(CNC(=NC)NCCCC(=O)N2CCc3ccccc3C2)s1. The zero-order valence-corrected chi connectivity index (χ0v) is 17.6. The first-order valence-corrected chi connectivity index (χ1v) is 10.9. The lowest BCUT2D eigenvalue weighted by molar-refractivity contribution is -0.132. The van der Waals surface area contributed by atoms with Gasteiger partial charge in [0.15, 0.2) is 5.96 Å². The quantitative estimate of drug-likeness (QED) is 0.427. The van der Waals surface area contributed by atoms with Crippen LogP contribution in [0.2, 0.25) is 0 Å². The van der Waals surface area contributed by atoms with Crippen molar-refractivity contribution in [1.29, 1.82) is 0 Å². The predicted octanol–water partition coefficient (Wildman–Crippen LogP) is 3.34. The number of thiophene rings is 1. The fraction of sp³-hybridized carbons (Fsp3) is 0.455. The molecule has 0 aliphatic carbocycles. The second-order valence-corrected chi connectivity index (χ2v) is 8.26. The molecule has 2 N–H and O–H groups in total. The van der Waals surface area contributed by atoms with E-state index in [1.807, 2.05) is 16.2 Å². The van der Waals surface area contributed by atoms with E-state index in [1.165, 1.54) is 20.9 Å². The molecule has 150 valence electrons. The summed E-state index contributed by atoms with van der Waals surface area (Å²) in [4.78, 5) is 21.5. The number of aryl methyl sites for hydroxylation is 1. The maximum absolute atomic E-state index is 12.5. The largest absolute Gasteiger partial charge is 0.356 e. The molecule has 6 heteroatoms. The zero-order valence-electron chi connectivity index (χ0n) is 16.8. The van der Waals surface area contributed by atoms with E-state index in [1.54, 1.807) is 7.05 Å². The fourth-order valence-corrected chi connectivity index (χ4v) is 4.31. The normalized spacial score (nSPS) is 13.9. The second-order valence-electron chi connectivity index (χ2n) is 7.01. The van der Waals surface area contributed by atoms with E-state index in [0.29, 0.717) is 6.42 Å². The molecule has 1 aromatic heterocycles. The Kier molecular flexibility index (Phi) is 7.48. The topological polar surface area (TPSA) is 56.7 Å². The molecule has 5 nitrogen and oxygen atoms in total. The molecule has 0 bridgehead atoms. The van der Waals surface area contributed by atoms with Crippen LogP contribution in [0.3, 0.4) is 0 Å². The van der Waals surface area contributed by atoms with Crippen molar-refractivity contribution in [3.63, 3.8) is 0 Å². The van der Waals surface area contributed by atoms with E-state index in [2.05, 4.69) is 58.9 Å². The van der Waals surface area contributed by atoms with Gasteiger partial charge in [0.05, 0.1) is 6.54 Å². The van der Waals surface area contributed by atoms with Crippen LogP contribution in [0.15, 0.2) is 41.4 Å². The molecule has 0 saturated heterocycles. The molecule has 0 fully saturated rings. The Bertz CT molecular complexity index is 814. The summed E-state index contributed by atoms with van der Waals surface area (Å²) in [6, 6.07) is 12.8. The summed E-state index contributed by atoms with van der Waals surface area (Å²) in [6.45, 7) is 5.25. The molecule has 2 heterocycles. The third kappa shape index (κ3) is 5.58. The second kappa shape index (κ2) is 10.3. The van der Waals surface area contributed by atoms with E-state index < -0.39 is 0 Å². The van der Waals surface area contributed by atoms with Gasteiger partial charge in [-0.05, 0) is 42.5 Å². The van der Waals surface area contributed by atoms with Crippen LogP contribution in [0.25, 0.3) is 0 Å². The maximum Gasteiger partial charge on any atom is 0.222 e. The number of fused-ring (bicyclic) bond motifs is 1. The lowest BCUT2D eigenvalue weighted by Crippen LogP contribution is -2.38. The molecule has 1 amide bonds. The van der Waals surface area contributed by atoms with Crippen LogP contribution in [-0.2, 0) is 30.7 Å². The number of hydrogen-bond donors (Lipinski definition) is 2. The first-order valence-electron chi connectivity index (χ1n) is 10.1. The number of amides is 1. The lowest BCUT2D eigenvalue weighted by Gasteiger charge is -2.29. The van der Waals surface area contributed by atoms with Crippen LogP contribution < -0.4 is 10.6 Å². The summed E-state index contributed by atoms with van der Waals surface area (Å²) in [5.41, 5.74) is 2.66. The van der Waals surface area contributed by atoms with Crippen LogP contribution in [0.4, 0.5) is 0 Å². The smallest absolute Gasteiger partial charge is 0.222 e. The van der Waals surface area contributed by atoms with Crippen LogP contribution in [0.5, 0.6) is 0 Å². The highest BCUT2D eigenvalue weighted by Crippen LogP contribution is 2.19. The van der Waals surface area contributed by atoms with Crippen LogP contribution in [-0.4, -0.2) is 36.9 Å². The number of aliphatic imine (C=N–C) groups is 1. The van der Waals surface area contributed by atoms with Crippen molar-refractivity contribution in [2.75, 3.05) is 20.1 Å². The summed E-state index contributed by atoms with van der Waals surface area (Å²) < 4.78 is 0. The molecule has 28 heavy (non-hydrogen) atoms. The maximum atomic E-state index is 12.5. The number of rotatable bonds is 7. The van der Waals surface area contributed by atoms with Crippen molar-refractivity contribution >= 4 is 23.2 Å². The summed E-state index contributed by atoms with van der Waals surface area (Å²) in [6.07, 6.45) is 3.40. The van der Waals surface area contributed by atoms with Crippen molar-refractivity contribution in [3.8, 4) is 0 Å². The van der Waals surface area contributed by atoms with Gasteiger partial charge in [-0.3, -0.25) is 9.79 Å². The monoisotopic (exact) mass is 398 g/mol. The molecular formula is C22H30N4OS. The number of benzene rings is 1. The summed E-state index contributed by atoms with van der Waals surface area (Å²) in [5, 5.41) is 6.65. The standard InChI is InChI=1S/C22H30N4OS/c1-3-19-10-11-20(28-19)15-25-22(23-2)24-13-6-9-21(27)26-14-12-17-7-4-5-8-18(17)16-26/h4-5,7-8,10-11H,3,6,9,12-16H2,1-2H3,(H2,23,24,25). The van der Waals surface area contributed by atoms with Gasteiger partial charge in [0.2, 0.25) is 5.91 Å². The van der Waals surface area contributed by atoms with E-state index in [-0.39, 0.29) is 5.91 Å². The molecule has 0 radical (unpaired) electrons.